The number of rotatable bonds is 5. The molecule has 0 radical (unpaired) electrons. The van der Waals surface area contributed by atoms with E-state index in [4.69, 9.17) is 5.11 Å². The van der Waals surface area contributed by atoms with Crippen LogP contribution in [0.3, 0.4) is 0 Å². The number of carboxylic acids is 1. The molecule has 2 aromatic rings. The molecule has 3 N–H and O–H groups in total. The number of amides is 1. The predicted octanol–water partition coefficient (Wildman–Crippen LogP) is 1.96. The number of anilines is 1. The van der Waals surface area contributed by atoms with Crippen LogP contribution in [-0.4, -0.2) is 44.9 Å². The minimum Gasteiger partial charge on any atom is -0.481 e. The van der Waals surface area contributed by atoms with Crippen LogP contribution in [0.2, 0.25) is 0 Å². The van der Waals surface area contributed by atoms with E-state index in [2.05, 4.69) is 20.2 Å². The number of piperidine rings is 1. The monoisotopic (exact) mass is 328 g/mol. The zero-order valence-electron chi connectivity index (χ0n) is 13.2. The van der Waals surface area contributed by atoms with E-state index in [9.17, 15) is 9.59 Å². The van der Waals surface area contributed by atoms with Gasteiger partial charge in [0.15, 0.2) is 0 Å². The number of imidazole rings is 1. The van der Waals surface area contributed by atoms with E-state index in [0.29, 0.717) is 18.5 Å². The summed E-state index contributed by atoms with van der Waals surface area (Å²) < 4.78 is 0. The number of aromatic nitrogens is 2. The van der Waals surface area contributed by atoms with Crippen LogP contribution in [0.15, 0.2) is 36.8 Å². The highest BCUT2D eigenvalue weighted by Gasteiger charge is 2.24. The molecular weight excluding hydrogens is 308 g/mol. The molecule has 1 aliphatic heterocycles. The lowest BCUT2D eigenvalue weighted by Crippen LogP contribution is -2.35. The molecule has 0 spiro atoms. The summed E-state index contributed by atoms with van der Waals surface area (Å²) in [4.78, 5) is 31.9. The van der Waals surface area contributed by atoms with Crippen LogP contribution in [-0.2, 0) is 11.3 Å². The third kappa shape index (κ3) is 3.99. The number of benzene rings is 1. The highest BCUT2D eigenvalue weighted by atomic mass is 16.4. The van der Waals surface area contributed by atoms with E-state index < -0.39 is 5.97 Å². The quantitative estimate of drug-likeness (QED) is 0.779. The van der Waals surface area contributed by atoms with Crippen LogP contribution in [0.1, 0.15) is 28.9 Å². The summed E-state index contributed by atoms with van der Waals surface area (Å²) in [6, 6.07) is 7.70. The standard InChI is InChI=1S/C17H20N4O3/c22-16(15-9-18-11-19-15)20-14-3-1-2-12(8-14)10-21-6-4-13(5-7-21)17(23)24/h1-3,8-9,11,13H,4-7,10H2,(H,18,19)(H,20,22)(H,23,24). The van der Waals surface area contributed by atoms with Crippen molar-refractivity contribution in [1.29, 1.82) is 0 Å². The summed E-state index contributed by atoms with van der Waals surface area (Å²) in [5.74, 6) is -1.15. The number of nitrogens with zero attached hydrogens (tertiary/aromatic N) is 2. The van der Waals surface area contributed by atoms with E-state index in [0.717, 1.165) is 30.9 Å². The summed E-state index contributed by atoms with van der Waals surface area (Å²) in [7, 11) is 0. The molecule has 1 aliphatic rings. The number of aromatic amines is 1. The van der Waals surface area contributed by atoms with Crippen molar-refractivity contribution in [2.24, 2.45) is 5.92 Å². The second kappa shape index (κ2) is 7.27. The Balaban J connectivity index is 1.58. The molecule has 7 nitrogen and oxygen atoms in total. The third-order valence-electron chi connectivity index (χ3n) is 4.27. The molecule has 7 heteroatoms. The molecule has 0 saturated carbocycles. The van der Waals surface area contributed by atoms with E-state index in [1.54, 1.807) is 0 Å². The minimum absolute atomic E-state index is 0.221. The fourth-order valence-electron chi connectivity index (χ4n) is 2.92. The van der Waals surface area contributed by atoms with Gasteiger partial charge in [-0.05, 0) is 43.6 Å². The highest BCUT2D eigenvalue weighted by Crippen LogP contribution is 2.20. The fraction of sp³-hybridized carbons (Fsp3) is 0.353. The van der Waals surface area contributed by atoms with Crippen molar-refractivity contribution in [3.8, 4) is 0 Å². The predicted molar refractivity (Wildman–Crippen MR) is 88.6 cm³/mol. The number of carboxylic acid groups (broad SMARTS) is 1. The van der Waals surface area contributed by atoms with Crippen LogP contribution >= 0.6 is 0 Å². The Morgan fingerprint density at radius 3 is 2.79 bits per heavy atom. The molecule has 1 aromatic carbocycles. The molecule has 1 amide bonds. The van der Waals surface area contributed by atoms with Gasteiger partial charge in [0.1, 0.15) is 5.69 Å². The second-order valence-corrected chi connectivity index (χ2v) is 6.01. The first-order chi connectivity index (χ1) is 11.6. The van der Waals surface area contributed by atoms with Gasteiger partial charge < -0.3 is 15.4 Å². The van der Waals surface area contributed by atoms with Gasteiger partial charge in [-0.1, -0.05) is 12.1 Å². The van der Waals surface area contributed by atoms with E-state index in [1.807, 2.05) is 24.3 Å². The minimum atomic E-state index is -0.696. The SMILES string of the molecule is O=C(Nc1cccc(CN2CCC(C(=O)O)CC2)c1)c1cnc[nH]1. The number of hydrogen-bond acceptors (Lipinski definition) is 4. The van der Waals surface area contributed by atoms with Crippen molar-refractivity contribution in [3.05, 3.63) is 48.0 Å². The first-order valence-electron chi connectivity index (χ1n) is 7.95. The Morgan fingerprint density at radius 2 is 2.12 bits per heavy atom. The molecule has 1 aromatic heterocycles. The van der Waals surface area contributed by atoms with Gasteiger partial charge in [0.2, 0.25) is 0 Å². The summed E-state index contributed by atoms with van der Waals surface area (Å²) in [6.45, 7) is 2.31. The van der Waals surface area contributed by atoms with Crippen molar-refractivity contribution in [3.63, 3.8) is 0 Å². The van der Waals surface area contributed by atoms with Crippen molar-refractivity contribution >= 4 is 17.6 Å². The van der Waals surface area contributed by atoms with Crippen LogP contribution < -0.4 is 5.32 Å². The smallest absolute Gasteiger partial charge is 0.306 e. The zero-order chi connectivity index (χ0) is 16.9. The lowest BCUT2D eigenvalue weighted by molar-refractivity contribution is -0.143. The van der Waals surface area contributed by atoms with Crippen molar-refractivity contribution in [1.82, 2.24) is 14.9 Å². The number of hydrogen-bond donors (Lipinski definition) is 3. The molecular formula is C17H20N4O3. The fourth-order valence-corrected chi connectivity index (χ4v) is 2.92. The Kier molecular flexibility index (Phi) is 4.90. The summed E-state index contributed by atoms with van der Waals surface area (Å²) in [5, 5.41) is 11.9. The maximum atomic E-state index is 12.0. The largest absolute Gasteiger partial charge is 0.481 e. The highest BCUT2D eigenvalue weighted by molar-refractivity contribution is 6.02. The Labute approximate surface area is 139 Å². The van der Waals surface area contributed by atoms with Gasteiger partial charge in [0, 0.05) is 12.2 Å². The lowest BCUT2D eigenvalue weighted by Gasteiger charge is -2.30. The zero-order valence-corrected chi connectivity index (χ0v) is 13.2. The van der Waals surface area contributed by atoms with Gasteiger partial charge in [-0.15, -0.1) is 0 Å². The van der Waals surface area contributed by atoms with E-state index in [1.165, 1.54) is 12.5 Å². The van der Waals surface area contributed by atoms with E-state index in [-0.39, 0.29) is 11.8 Å². The number of H-pyrrole nitrogens is 1. The van der Waals surface area contributed by atoms with Crippen molar-refractivity contribution < 1.29 is 14.7 Å². The van der Waals surface area contributed by atoms with Crippen LogP contribution in [0.5, 0.6) is 0 Å². The average molecular weight is 328 g/mol. The Morgan fingerprint density at radius 1 is 1.33 bits per heavy atom. The number of likely N-dealkylation sites (tertiary alicyclic amines) is 1. The molecule has 0 atom stereocenters. The number of aliphatic carboxylic acids is 1. The summed E-state index contributed by atoms with van der Waals surface area (Å²) in [5.41, 5.74) is 2.23. The normalized spacial score (nSPS) is 16.0. The molecule has 0 unspecified atom stereocenters. The van der Waals surface area contributed by atoms with Crippen LogP contribution in [0.4, 0.5) is 5.69 Å². The molecule has 24 heavy (non-hydrogen) atoms. The number of carbonyl (C=O) groups excluding carboxylic acids is 1. The topological polar surface area (TPSA) is 98.3 Å². The average Bonchev–Trinajstić information content (AvgIpc) is 3.10. The Bertz CT molecular complexity index is 706. The number of carbonyl (C=O) groups is 2. The molecule has 0 aliphatic carbocycles. The molecule has 126 valence electrons. The molecule has 3 rings (SSSR count). The van der Waals surface area contributed by atoms with Crippen molar-refractivity contribution in [2.45, 2.75) is 19.4 Å². The van der Waals surface area contributed by atoms with Gasteiger partial charge in [0.25, 0.3) is 5.91 Å². The van der Waals surface area contributed by atoms with Crippen molar-refractivity contribution in [2.75, 3.05) is 18.4 Å². The summed E-state index contributed by atoms with van der Waals surface area (Å²) in [6.07, 6.45) is 4.31. The maximum absolute atomic E-state index is 12.0. The molecule has 2 heterocycles. The first kappa shape index (κ1) is 16.2. The molecule has 1 saturated heterocycles. The summed E-state index contributed by atoms with van der Waals surface area (Å²) >= 11 is 0. The third-order valence-corrected chi connectivity index (χ3v) is 4.27. The van der Waals surface area contributed by atoms with Gasteiger partial charge in [-0.25, -0.2) is 4.98 Å². The van der Waals surface area contributed by atoms with Gasteiger partial charge in [-0.2, -0.15) is 0 Å². The van der Waals surface area contributed by atoms with Crippen LogP contribution in [0, 0.1) is 5.92 Å². The second-order valence-electron chi connectivity index (χ2n) is 6.01. The number of nitrogens with one attached hydrogen (secondary N) is 2. The Hall–Kier alpha value is -2.67. The van der Waals surface area contributed by atoms with E-state index >= 15 is 0 Å². The lowest BCUT2D eigenvalue weighted by atomic mass is 9.97. The maximum Gasteiger partial charge on any atom is 0.306 e. The first-order valence-corrected chi connectivity index (χ1v) is 7.95. The van der Waals surface area contributed by atoms with Crippen LogP contribution in [0.25, 0.3) is 0 Å². The van der Waals surface area contributed by atoms with Gasteiger partial charge in [0.05, 0.1) is 18.4 Å². The molecule has 1 fully saturated rings. The van der Waals surface area contributed by atoms with Gasteiger partial charge in [-0.3, -0.25) is 14.5 Å². The molecule has 0 bridgehead atoms. The van der Waals surface area contributed by atoms with Gasteiger partial charge >= 0.3 is 5.97 Å².